The van der Waals surface area contributed by atoms with Crippen LogP contribution in [0.1, 0.15) is 50.0 Å². The third-order valence-corrected chi connectivity index (χ3v) is 5.81. The summed E-state index contributed by atoms with van der Waals surface area (Å²) in [6.45, 7) is 10.7. The maximum absolute atomic E-state index is 13.3. The lowest BCUT2D eigenvalue weighted by atomic mass is 10.1. The second-order valence-corrected chi connectivity index (χ2v) is 10.0. The van der Waals surface area contributed by atoms with Crippen LogP contribution >= 0.6 is 0 Å². The average molecular weight is 513 g/mol. The maximum Gasteiger partial charge on any atom is 0.319 e. The summed E-state index contributed by atoms with van der Waals surface area (Å²) in [6.07, 6.45) is 0.743. The second-order valence-electron chi connectivity index (χ2n) is 10.0. The first kappa shape index (κ1) is 27.8. The Morgan fingerprint density at radius 1 is 0.946 bits per heavy atom. The highest BCUT2D eigenvalue weighted by atomic mass is 19.1. The fourth-order valence-corrected chi connectivity index (χ4v) is 4.05. The van der Waals surface area contributed by atoms with Crippen molar-refractivity contribution in [2.24, 2.45) is 0 Å². The number of carbonyl (C=O) groups excluding carboxylic acids is 3. The van der Waals surface area contributed by atoms with Gasteiger partial charge < -0.3 is 31.1 Å². The van der Waals surface area contributed by atoms with Crippen molar-refractivity contribution in [2.45, 2.75) is 46.2 Å². The molecule has 10 heteroatoms. The quantitative estimate of drug-likeness (QED) is 0.471. The van der Waals surface area contributed by atoms with Gasteiger partial charge >= 0.3 is 12.1 Å². The Labute approximate surface area is 217 Å². The number of rotatable bonds is 6. The third kappa shape index (κ3) is 8.37. The number of nitrogens with one attached hydrogen (secondary N) is 4. The van der Waals surface area contributed by atoms with E-state index in [4.69, 9.17) is 0 Å². The van der Waals surface area contributed by atoms with Crippen molar-refractivity contribution in [1.82, 2.24) is 20.9 Å². The van der Waals surface area contributed by atoms with Crippen molar-refractivity contribution in [3.05, 3.63) is 59.4 Å². The number of halogens is 1. The van der Waals surface area contributed by atoms with E-state index in [9.17, 15) is 18.8 Å². The first-order chi connectivity index (χ1) is 17.6. The van der Waals surface area contributed by atoms with Crippen LogP contribution in [0, 0.1) is 5.82 Å². The number of hydrogen-bond donors (Lipinski definition) is 4. The van der Waals surface area contributed by atoms with Crippen LogP contribution in [-0.4, -0.2) is 61.1 Å². The molecule has 5 amide bonds. The molecule has 2 aromatic rings. The number of nitrogens with zero attached hydrogens (tertiary/aromatic N) is 2. The van der Waals surface area contributed by atoms with Gasteiger partial charge in [0.2, 0.25) is 0 Å². The minimum atomic E-state index is -0.358. The third-order valence-electron chi connectivity index (χ3n) is 5.81. The van der Waals surface area contributed by atoms with Crippen LogP contribution in [0.15, 0.2) is 42.5 Å². The Morgan fingerprint density at radius 3 is 2.35 bits per heavy atom. The van der Waals surface area contributed by atoms with Crippen LogP contribution in [0.25, 0.3) is 0 Å². The molecule has 1 aliphatic rings. The lowest BCUT2D eigenvalue weighted by Crippen LogP contribution is -2.49. The lowest BCUT2D eigenvalue weighted by molar-refractivity contribution is 0.0951. The minimum absolute atomic E-state index is 0.104. The van der Waals surface area contributed by atoms with Crippen LogP contribution in [0.4, 0.5) is 25.4 Å². The summed E-state index contributed by atoms with van der Waals surface area (Å²) < 4.78 is 13.2. The Balaban J connectivity index is 1.80. The molecule has 200 valence electrons. The van der Waals surface area contributed by atoms with E-state index in [0.717, 1.165) is 17.7 Å². The van der Waals surface area contributed by atoms with Crippen molar-refractivity contribution < 1.29 is 18.8 Å². The van der Waals surface area contributed by atoms with E-state index in [1.54, 1.807) is 29.2 Å². The highest BCUT2D eigenvalue weighted by Gasteiger charge is 2.25. The number of urea groups is 2. The molecule has 9 nitrogen and oxygen atoms in total. The van der Waals surface area contributed by atoms with Crippen molar-refractivity contribution in [2.75, 3.05) is 42.9 Å². The summed E-state index contributed by atoms with van der Waals surface area (Å²) in [4.78, 5) is 41.9. The van der Waals surface area contributed by atoms with Gasteiger partial charge in [-0.15, -0.1) is 0 Å². The van der Waals surface area contributed by atoms with Gasteiger partial charge in [0.1, 0.15) is 5.82 Å². The summed E-state index contributed by atoms with van der Waals surface area (Å²) >= 11 is 0. The summed E-state index contributed by atoms with van der Waals surface area (Å²) in [7, 11) is 0. The van der Waals surface area contributed by atoms with E-state index >= 15 is 0 Å². The zero-order chi connectivity index (χ0) is 27.0. The van der Waals surface area contributed by atoms with E-state index in [2.05, 4.69) is 26.2 Å². The van der Waals surface area contributed by atoms with Crippen LogP contribution in [0.2, 0.25) is 0 Å². The highest BCUT2D eigenvalue weighted by Crippen LogP contribution is 2.26. The zero-order valence-corrected chi connectivity index (χ0v) is 22.0. The van der Waals surface area contributed by atoms with E-state index in [0.29, 0.717) is 44.0 Å². The second kappa shape index (κ2) is 12.4. The molecule has 1 heterocycles. The molecular formula is C27H37FN6O3. The number of benzene rings is 2. The highest BCUT2D eigenvalue weighted by molar-refractivity contribution is 6.02. The molecule has 0 saturated carbocycles. The summed E-state index contributed by atoms with van der Waals surface area (Å²) in [6, 6.07) is 10.7. The topological polar surface area (TPSA) is 106 Å². The molecular weight excluding hydrogens is 475 g/mol. The summed E-state index contributed by atoms with van der Waals surface area (Å²) in [5.41, 5.74) is 2.05. The van der Waals surface area contributed by atoms with Gasteiger partial charge in [-0.3, -0.25) is 4.79 Å². The van der Waals surface area contributed by atoms with Crippen LogP contribution in [0.3, 0.4) is 0 Å². The monoisotopic (exact) mass is 512 g/mol. The first-order valence-corrected chi connectivity index (χ1v) is 12.6. The Hall–Kier alpha value is -3.82. The van der Waals surface area contributed by atoms with Crippen molar-refractivity contribution in [3.8, 4) is 0 Å². The molecule has 0 spiro atoms. The molecule has 0 atom stereocenters. The maximum atomic E-state index is 13.3. The van der Waals surface area contributed by atoms with E-state index < -0.39 is 0 Å². The van der Waals surface area contributed by atoms with Gasteiger partial charge in [-0.05, 0) is 70.0 Å². The molecule has 1 aliphatic heterocycles. The largest absolute Gasteiger partial charge is 0.369 e. The van der Waals surface area contributed by atoms with Gasteiger partial charge in [0.15, 0.2) is 0 Å². The molecule has 37 heavy (non-hydrogen) atoms. The molecule has 0 aliphatic carbocycles. The van der Waals surface area contributed by atoms with Crippen LogP contribution in [0.5, 0.6) is 0 Å². The van der Waals surface area contributed by atoms with Gasteiger partial charge in [0, 0.05) is 56.2 Å². The van der Waals surface area contributed by atoms with Crippen molar-refractivity contribution in [1.29, 1.82) is 0 Å². The molecule has 0 aromatic heterocycles. The van der Waals surface area contributed by atoms with Gasteiger partial charge in [-0.2, -0.15) is 0 Å². The molecule has 0 radical (unpaired) electrons. The first-order valence-electron chi connectivity index (χ1n) is 12.6. The summed E-state index contributed by atoms with van der Waals surface area (Å²) in [5.74, 6) is -0.654. The van der Waals surface area contributed by atoms with E-state index in [-0.39, 0.29) is 35.9 Å². The fraction of sp³-hybridized carbons (Fsp3) is 0.444. The van der Waals surface area contributed by atoms with Crippen LogP contribution < -0.4 is 26.2 Å². The number of carbonyl (C=O) groups is 3. The standard InChI is InChI=1S/C27H37FN6O3/c1-5-29-25(36)31-21-11-12-23(22(17-21)24(35)30-18-19-7-9-20(28)10-8-19)33-13-6-14-34(16-15-33)26(37)32-27(2,3)4/h7-12,17H,5-6,13-16,18H2,1-4H3,(H,30,35)(H,32,37)(H2,29,31,36). The lowest BCUT2D eigenvalue weighted by Gasteiger charge is -2.28. The fourth-order valence-electron chi connectivity index (χ4n) is 4.05. The van der Waals surface area contributed by atoms with Gasteiger partial charge in [0.25, 0.3) is 5.91 Å². The van der Waals surface area contributed by atoms with Gasteiger partial charge in [-0.25, -0.2) is 14.0 Å². The Kier molecular flexibility index (Phi) is 9.32. The van der Waals surface area contributed by atoms with E-state index in [1.165, 1.54) is 12.1 Å². The molecule has 0 bridgehead atoms. The molecule has 2 aromatic carbocycles. The van der Waals surface area contributed by atoms with Gasteiger partial charge in [0.05, 0.1) is 5.56 Å². The van der Waals surface area contributed by atoms with Gasteiger partial charge in [-0.1, -0.05) is 12.1 Å². The number of anilines is 2. The Bertz CT molecular complexity index is 1100. The summed E-state index contributed by atoms with van der Waals surface area (Å²) in [5, 5.41) is 11.3. The normalized spacial score (nSPS) is 14.0. The molecule has 1 fully saturated rings. The van der Waals surface area contributed by atoms with E-state index in [1.807, 2.05) is 33.8 Å². The predicted octanol–water partition coefficient (Wildman–Crippen LogP) is 3.92. The minimum Gasteiger partial charge on any atom is -0.369 e. The molecule has 3 rings (SSSR count). The van der Waals surface area contributed by atoms with Crippen molar-refractivity contribution in [3.63, 3.8) is 0 Å². The average Bonchev–Trinajstić information content (AvgIpc) is 3.09. The zero-order valence-electron chi connectivity index (χ0n) is 22.0. The Morgan fingerprint density at radius 2 is 1.68 bits per heavy atom. The number of amides is 5. The number of hydrogen-bond acceptors (Lipinski definition) is 4. The van der Waals surface area contributed by atoms with Crippen molar-refractivity contribution >= 4 is 29.3 Å². The predicted molar refractivity (Wildman–Crippen MR) is 143 cm³/mol. The van der Waals surface area contributed by atoms with Crippen LogP contribution in [-0.2, 0) is 6.54 Å². The molecule has 0 unspecified atom stereocenters. The molecule has 4 N–H and O–H groups in total. The smallest absolute Gasteiger partial charge is 0.319 e. The SMILES string of the molecule is CCNC(=O)Nc1ccc(N2CCCN(C(=O)NC(C)(C)C)CC2)c(C(=O)NCc2ccc(F)cc2)c1. The molecule has 1 saturated heterocycles.